The molecule has 0 atom stereocenters. The van der Waals surface area contributed by atoms with E-state index in [0.29, 0.717) is 19.0 Å². The second kappa shape index (κ2) is 8.21. The third kappa shape index (κ3) is 5.03. The van der Waals surface area contributed by atoms with Gasteiger partial charge in [-0.1, -0.05) is 0 Å². The largest absolute Gasteiger partial charge is 0.374 e. The molecule has 7 nitrogen and oxygen atoms in total. The molecule has 21 heavy (non-hydrogen) atoms. The number of hydrogen-bond donors (Lipinski definition) is 2. The molecule has 2 rings (SSSR count). The maximum absolute atomic E-state index is 5.38. The minimum Gasteiger partial charge on any atom is -0.374 e. The Morgan fingerprint density at radius 1 is 1.19 bits per heavy atom. The third-order valence-corrected chi connectivity index (χ3v) is 2.77. The molecule has 0 spiro atoms. The number of anilines is 2. The molecular formula is C14H22N6O. The van der Waals surface area contributed by atoms with Crippen LogP contribution in [0.3, 0.4) is 0 Å². The maximum atomic E-state index is 5.38. The first-order valence-corrected chi connectivity index (χ1v) is 7.22. The van der Waals surface area contributed by atoms with Crippen LogP contribution in [0.5, 0.6) is 0 Å². The van der Waals surface area contributed by atoms with Gasteiger partial charge in [0, 0.05) is 38.2 Å². The highest BCUT2D eigenvalue weighted by molar-refractivity contribution is 5.47. The maximum Gasteiger partial charge on any atom is 0.158 e. The number of nitrogens with one attached hydrogen (secondary N) is 2. The van der Waals surface area contributed by atoms with Crippen LogP contribution in [0.2, 0.25) is 0 Å². The fourth-order valence-electron chi connectivity index (χ4n) is 1.85. The minimum atomic E-state index is 0.420. The van der Waals surface area contributed by atoms with Gasteiger partial charge >= 0.3 is 0 Å². The van der Waals surface area contributed by atoms with Crippen LogP contribution < -0.4 is 10.6 Å². The molecule has 0 saturated carbocycles. The number of nitrogens with zero attached hydrogens (tertiary/aromatic N) is 4. The van der Waals surface area contributed by atoms with Crippen molar-refractivity contribution < 1.29 is 4.74 Å². The van der Waals surface area contributed by atoms with Crippen molar-refractivity contribution in [2.75, 3.05) is 30.3 Å². The zero-order valence-electron chi connectivity index (χ0n) is 12.5. The monoisotopic (exact) mass is 290 g/mol. The predicted octanol–water partition coefficient (Wildman–Crippen LogP) is 1.75. The van der Waals surface area contributed by atoms with Gasteiger partial charge in [-0.25, -0.2) is 9.97 Å². The van der Waals surface area contributed by atoms with Crippen molar-refractivity contribution in [3.8, 4) is 0 Å². The van der Waals surface area contributed by atoms with Crippen LogP contribution in [-0.4, -0.2) is 39.4 Å². The molecule has 0 bridgehead atoms. The first-order valence-electron chi connectivity index (χ1n) is 7.22. The average molecular weight is 290 g/mol. The Morgan fingerprint density at radius 2 is 2.00 bits per heavy atom. The van der Waals surface area contributed by atoms with Gasteiger partial charge in [0.05, 0.1) is 6.54 Å². The Labute approximate surface area is 124 Å². The molecule has 2 N–H and O–H groups in total. The minimum absolute atomic E-state index is 0.420. The molecule has 2 aromatic rings. The summed E-state index contributed by atoms with van der Waals surface area (Å²) in [6, 6.07) is 3.82. The molecule has 0 radical (unpaired) electrons. The Bertz CT molecular complexity index is 528. The highest BCUT2D eigenvalue weighted by Crippen LogP contribution is 2.12. The molecule has 0 aliphatic rings. The van der Waals surface area contributed by atoms with Crippen molar-refractivity contribution in [1.82, 2.24) is 19.7 Å². The molecular weight excluding hydrogens is 268 g/mol. The molecule has 2 heterocycles. The Balaban J connectivity index is 1.97. The van der Waals surface area contributed by atoms with Gasteiger partial charge in [0.25, 0.3) is 0 Å². The van der Waals surface area contributed by atoms with E-state index in [1.165, 1.54) is 0 Å². The van der Waals surface area contributed by atoms with E-state index in [4.69, 9.17) is 4.74 Å². The molecule has 7 heteroatoms. The van der Waals surface area contributed by atoms with Crippen molar-refractivity contribution in [3.05, 3.63) is 30.4 Å². The lowest BCUT2D eigenvalue weighted by Crippen LogP contribution is -2.13. The van der Waals surface area contributed by atoms with Crippen LogP contribution in [-0.2, 0) is 17.9 Å². The van der Waals surface area contributed by atoms with Crippen molar-refractivity contribution in [2.24, 2.45) is 0 Å². The van der Waals surface area contributed by atoms with Crippen molar-refractivity contribution in [2.45, 2.75) is 27.0 Å². The van der Waals surface area contributed by atoms with Gasteiger partial charge in [0.1, 0.15) is 18.2 Å². The Kier molecular flexibility index (Phi) is 5.96. The molecule has 2 aromatic heterocycles. The molecule has 114 valence electrons. The summed E-state index contributed by atoms with van der Waals surface area (Å²) in [6.07, 6.45) is 3.71. The van der Waals surface area contributed by atoms with Crippen LogP contribution in [0, 0.1) is 0 Å². The summed E-state index contributed by atoms with van der Waals surface area (Å²) >= 11 is 0. The number of ether oxygens (including phenoxy) is 1. The quantitative estimate of drug-likeness (QED) is 0.733. The lowest BCUT2D eigenvalue weighted by Gasteiger charge is -2.10. The van der Waals surface area contributed by atoms with Gasteiger partial charge in [-0.15, -0.1) is 0 Å². The van der Waals surface area contributed by atoms with E-state index in [2.05, 4.69) is 25.7 Å². The number of aromatic nitrogens is 4. The SMILES string of the molecule is CCNc1cc(NCCn2cccn2)nc(COCC)n1. The summed E-state index contributed by atoms with van der Waals surface area (Å²) in [5.74, 6) is 2.28. The zero-order chi connectivity index (χ0) is 14.9. The van der Waals surface area contributed by atoms with E-state index in [-0.39, 0.29) is 0 Å². The number of hydrogen-bond acceptors (Lipinski definition) is 6. The number of rotatable bonds is 9. The van der Waals surface area contributed by atoms with Gasteiger partial charge in [-0.2, -0.15) is 5.10 Å². The van der Waals surface area contributed by atoms with E-state index in [1.54, 1.807) is 6.20 Å². The molecule has 0 aliphatic carbocycles. The topological polar surface area (TPSA) is 76.9 Å². The van der Waals surface area contributed by atoms with E-state index in [1.807, 2.05) is 36.9 Å². The summed E-state index contributed by atoms with van der Waals surface area (Å²) < 4.78 is 7.25. The Hall–Kier alpha value is -2.15. The van der Waals surface area contributed by atoms with Gasteiger partial charge < -0.3 is 15.4 Å². The van der Waals surface area contributed by atoms with Crippen LogP contribution in [0.25, 0.3) is 0 Å². The van der Waals surface area contributed by atoms with Gasteiger partial charge in [-0.05, 0) is 19.9 Å². The molecule has 0 aliphatic heterocycles. The van der Waals surface area contributed by atoms with E-state index < -0.39 is 0 Å². The van der Waals surface area contributed by atoms with Crippen LogP contribution in [0.1, 0.15) is 19.7 Å². The summed E-state index contributed by atoms with van der Waals surface area (Å²) in [5.41, 5.74) is 0. The second-order valence-electron chi connectivity index (χ2n) is 4.42. The van der Waals surface area contributed by atoms with Gasteiger partial charge in [0.15, 0.2) is 5.82 Å². The summed E-state index contributed by atoms with van der Waals surface area (Å²) in [5, 5.41) is 10.7. The lowest BCUT2D eigenvalue weighted by molar-refractivity contribution is 0.128. The van der Waals surface area contributed by atoms with Gasteiger partial charge in [-0.3, -0.25) is 4.68 Å². The predicted molar refractivity (Wildman–Crippen MR) is 82.2 cm³/mol. The van der Waals surface area contributed by atoms with Gasteiger partial charge in [0.2, 0.25) is 0 Å². The van der Waals surface area contributed by atoms with E-state index >= 15 is 0 Å². The van der Waals surface area contributed by atoms with Crippen LogP contribution in [0.4, 0.5) is 11.6 Å². The fourth-order valence-corrected chi connectivity index (χ4v) is 1.85. The molecule has 0 fully saturated rings. The first-order chi connectivity index (χ1) is 10.3. The summed E-state index contributed by atoms with van der Waals surface area (Å²) in [6.45, 7) is 7.41. The summed E-state index contributed by atoms with van der Waals surface area (Å²) in [4.78, 5) is 8.87. The molecule has 0 saturated heterocycles. The third-order valence-electron chi connectivity index (χ3n) is 2.77. The van der Waals surface area contributed by atoms with E-state index in [0.717, 1.165) is 31.3 Å². The molecule has 0 unspecified atom stereocenters. The average Bonchev–Trinajstić information content (AvgIpc) is 2.99. The first kappa shape index (κ1) is 15.2. The molecule has 0 amide bonds. The van der Waals surface area contributed by atoms with Crippen molar-refractivity contribution >= 4 is 11.6 Å². The normalized spacial score (nSPS) is 10.6. The second-order valence-corrected chi connectivity index (χ2v) is 4.42. The van der Waals surface area contributed by atoms with Crippen molar-refractivity contribution in [1.29, 1.82) is 0 Å². The van der Waals surface area contributed by atoms with Crippen LogP contribution in [0.15, 0.2) is 24.5 Å². The van der Waals surface area contributed by atoms with Crippen molar-refractivity contribution in [3.63, 3.8) is 0 Å². The van der Waals surface area contributed by atoms with Crippen LogP contribution >= 0.6 is 0 Å². The Morgan fingerprint density at radius 3 is 2.67 bits per heavy atom. The smallest absolute Gasteiger partial charge is 0.158 e. The standard InChI is InChI=1S/C14H22N6O/c1-3-15-12-10-13(19-14(18-12)11-21-4-2)16-7-9-20-8-5-6-17-20/h5-6,8,10H,3-4,7,9,11H2,1-2H3,(H2,15,16,18,19). The highest BCUT2D eigenvalue weighted by Gasteiger charge is 2.04. The molecule has 0 aromatic carbocycles. The summed E-state index contributed by atoms with van der Waals surface area (Å²) in [7, 11) is 0. The lowest BCUT2D eigenvalue weighted by atomic mass is 10.4. The highest BCUT2D eigenvalue weighted by atomic mass is 16.5. The fraction of sp³-hybridized carbons (Fsp3) is 0.500. The zero-order valence-corrected chi connectivity index (χ0v) is 12.5. The van der Waals surface area contributed by atoms with E-state index in [9.17, 15) is 0 Å².